The minimum Gasteiger partial charge on any atom is -0.457 e. The van der Waals surface area contributed by atoms with Crippen LogP contribution in [0.1, 0.15) is 43.4 Å². The van der Waals surface area contributed by atoms with Crippen LogP contribution in [0.25, 0.3) is 0 Å². The predicted molar refractivity (Wildman–Crippen MR) is 156 cm³/mol. The first-order chi connectivity index (χ1) is 19.3. The van der Waals surface area contributed by atoms with E-state index in [1.54, 1.807) is 30.5 Å². The van der Waals surface area contributed by atoms with E-state index >= 15 is 0 Å². The standard InChI is InChI=1S/C30H37N5O4S/c1-40(37,38)33-25-10-14-29(15-11-25)39-28-12-8-23(9-13-28)21-34-19-16-27(17-20-34)35(22-26-5-2-3-18-31-26)30(36)32-24-6-4-7-24/h2-3,5,8-15,18,24,27,33H,4,6-7,16-17,19-22H2,1H3,(H,32,36). The molecule has 0 unspecified atom stereocenters. The van der Waals surface area contributed by atoms with Gasteiger partial charge in [0, 0.05) is 43.6 Å². The van der Waals surface area contributed by atoms with Crippen molar-refractivity contribution in [1.29, 1.82) is 0 Å². The number of hydrogen-bond acceptors (Lipinski definition) is 6. The summed E-state index contributed by atoms with van der Waals surface area (Å²) in [6.45, 7) is 3.22. The molecule has 2 N–H and O–H groups in total. The molecule has 40 heavy (non-hydrogen) atoms. The highest BCUT2D eigenvalue weighted by Gasteiger charge is 2.30. The summed E-state index contributed by atoms with van der Waals surface area (Å²) in [6, 6.07) is 21.2. The largest absolute Gasteiger partial charge is 0.457 e. The summed E-state index contributed by atoms with van der Waals surface area (Å²) in [5, 5.41) is 3.23. The fourth-order valence-electron chi connectivity index (χ4n) is 5.09. The van der Waals surface area contributed by atoms with E-state index in [0.717, 1.165) is 57.3 Å². The number of aromatic nitrogens is 1. The van der Waals surface area contributed by atoms with Crippen LogP contribution in [0.5, 0.6) is 11.5 Å². The Kier molecular flexibility index (Phi) is 8.86. The van der Waals surface area contributed by atoms with Crippen molar-refractivity contribution in [3.63, 3.8) is 0 Å². The average molecular weight is 564 g/mol. The lowest BCUT2D eigenvalue weighted by Gasteiger charge is -2.39. The summed E-state index contributed by atoms with van der Waals surface area (Å²) < 4.78 is 31.1. The van der Waals surface area contributed by atoms with Crippen LogP contribution in [0.4, 0.5) is 10.5 Å². The van der Waals surface area contributed by atoms with Gasteiger partial charge in [-0.2, -0.15) is 0 Å². The molecule has 212 valence electrons. The molecule has 2 aromatic carbocycles. The van der Waals surface area contributed by atoms with E-state index in [-0.39, 0.29) is 12.1 Å². The van der Waals surface area contributed by atoms with Crippen LogP contribution in [-0.4, -0.2) is 60.7 Å². The van der Waals surface area contributed by atoms with Crippen LogP contribution >= 0.6 is 0 Å². The van der Waals surface area contributed by atoms with Gasteiger partial charge in [-0.25, -0.2) is 13.2 Å². The molecule has 2 heterocycles. The van der Waals surface area contributed by atoms with Gasteiger partial charge in [0.15, 0.2) is 0 Å². The second-order valence-corrected chi connectivity index (χ2v) is 12.4. The van der Waals surface area contributed by atoms with Gasteiger partial charge in [-0.1, -0.05) is 18.2 Å². The summed E-state index contributed by atoms with van der Waals surface area (Å²) in [4.78, 5) is 22.1. The van der Waals surface area contributed by atoms with Gasteiger partial charge in [0.05, 0.1) is 18.5 Å². The Hall–Kier alpha value is -3.63. The molecule has 1 saturated carbocycles. The number of piperidine rings is 1. The first-order valence-corrected chi connectivity index (χ1v) is 15.7. The first kappa shape index (κ1) is 27.9. The number of benzene rings is 2. The van der Waals surface area contributed by atoms with Gasteiger partial charge in [0.1, 0.15) is 11.5 Å². The zero-order valence-electron chi connectivity index (χ0n) is 22.8. The number of anilines is 1. The summed E-state index contributed by atoms with van der Waals surface area (Å²) in [7, 11) is -3.31. The van der Waals surface area contributed by atoms with Crippen LogP contribution in [0.3, 0.4) is 0 Å². The Morgan fingerprint density at radius 1 is 0.975 bits per heavy atom. The normalized spacial score (nSPS) is 16.6. The Morgan fingerprint density at radius 3 is 2.23 bits per heavy atom. The number of pyridine rings is 1. The van der Waals surface area contributed by atoms with Crippen molar-refractivity contribution in [3.8, 4) is 11.5 Å². The molecule has 1 aliphatic carbocycles. The molecule has 1 saturated heterocycles. The van der Waals surface area contributed by atoms with E-state index in [2.05, 4.69) is 32.1 Å². The van der Waals surface area contributed by atoms with E-state index < -0.39 is 10.0 Å². The van der Waals surface area contributed by atoms with Gasteiger partial charge in [-0.15, -0.1) is 0 Å². The number of nitrogens with zero attached hydrogens (tertiary/aromatic N) is 3. The van der Waals surface area contributed by atoms with E-state index in [0.29, 0.717) is 29.8 Å². The number of rotatable bonds is 10. The summed E-state index contributed by atoms with van der Waals surface area (Å²) in [5.74, 6) is 1.35. The Morgan fingerprint density at radius 2 is 1.65 bits per heavy atom. The number of sulfonamides is 1. The average Bonchev–Trinajstić information content (AvgIpc) is 2.92. The van der Waals surface area contributed by atoms with Crippen molar-refractivity contribution in [2.75, 3.05) is 24.1 Å². The van der Waals surface area contributed by atoms with Crippen LogP contribution in [0, 0.1) is 0 Å². The topological polar surface area (TPSA) is 104 Å². The maximum absolute atomic E-state index is 13.2. The fraction of sp³-hybridized carbons (Fsp3) is 0.400. The number of carbonyl (C=O) groups excluding carboxylic acids is 1. The number of likely N-dealkylation sites (tertiary alicyclic amines) is 1. The van der Waals surface area contributed by atoms with Crippen LogP contribution in [0.15, 0.2) is 72.9 Å². The van der Waals surface area contributed by atoms with Gasteiger partial charge < -0.3 is 15.0 Å². The Bertz CT molecular complexity index is 1360. The van der Waals surface area contributed by atoms with Gasteiger partial charge >= 0.3 is 6.03 Å². The minimum atomic E-state index is -3.31. The predicted octanol–water partition coefficient (Wildman–Crippen LogP) is 4.97. The molecule has 2 aliphatic rings. The fourth-order valence-corrected chi connectivity index (χ4v) is 5.66. The van der Waals surface area contributed by atoms with E-state index in [1.807, 2.05) is 35.2 Å². The molecule has 0 spiro atoms. The number of hydrogen-bond donors (Lipinski definition) is 2. The van der Waals surface area contributed by atoms with Crippen molar-refractivity contribution in [3.05, 3.63) is 84.2 Å². The molecule has 9 nitrogen and oxygen atoms in total. The first-order valence-electron chi connectivity index (χ1n) is 13.8. The van der Waals surface area contributed by atoms with Gasteiger partial charge in [0.2, 0.25) is 10.0 Å². The minimum absolute atomic E-state index is 0.0330. The van der Waals surface area contributed by atoms with Gasteiger partial charge in [0.25, 0.3) is 0 Å². The molecule has 1 aliphatic heterocycles. The lowest BCUT2D eigenvalue weighted by atomic mass is 9.93. The maximum atomic E-state index is 13.2. The zero-order chi connectivity index (χ0) is 28.0. The second kappa shape index (κ2) is 12.7. The molecule has 0 atom stereocenters. The number of carbonyl (C=O) groups is 1. The highest BCUT2D eigenvalue weighted by molar-refractivity contribution is 7.92. The van der Waals surface area contributed by atoms with Crippen molar-refractivity contribution >= 4 is 21.7 Å². The third kappa shape index (κ3) is 7.95. The molecule has 2 amide bonds. The van der Waals surface area contributed by atoms with E-state index in [4.69, 9.17) is 4.74 Å². The van der Waals surface area contributed by atoms with Gasteiger partial charge in [-0.3, -0.25) is 14.6 Å². The summed E-state index contributed by atoms with van der Waals surface area (Å²) in [5.41, 5.74) is 2.61. The third-order valence-electron chi connectivity index (χ3n) is 7.47. The molecular weight excluding hydrogens is 526 g/mol. The maximum Gasteiger partial charge on any atom is 0.318 e. The smallest absolute Gasteiger partial charge is 0.318 e. The van der Waals surface area contributed by atoms with Crippen molar-refractivity contribution < 1.29 is 17.9 Å². The van der Waals surface area contributed by atoms with Crippen molar-refractivity contribution in [2.45, 2.75) is 57.3 Å². The molecular formula is C30H37N5O4S. The van der Waals surface area contributed by atoms with Crippen molar-refractivity contribution in [2.24, 2.45) is 0 Å². The quantitative estimate of drug-likeness (QED) is 0.361. The zero-order valence-corrected chi connectivity index (χ0v) is 23.6. The van der Waals surface area contributed by atoms with Crippen LogP contribution in [-0.2, 0) is 23.1 Å². The number of nitrogens with one attached hydrogen (secondary N) is 2. The lowest BCUT2D eigenvalue weighted by Crippen LogP contribution is -2.53. The van der Waals surface area contributed by atoms with E-state index in [9.17, 15) is 13.2 Å². The Labute approximate surface area is 236 Å². The second-order valence-electron chi connectivity index (χ2n) is 10.7. The van der Waals surface area contributed by atoms with Crippen LogP contribution < -0.4 is 14.8 Å². The molecule has 1 aromatic heterocycles. The Balaban J connectivity index is 1.13. The number of amides is 2. The molecule has 10 heteroatoms. The number of ether oxygens (including phenoxy) is 1. The van der Waals surface area contributed by atoms with Gasteiger partial charge in [-0.05, 0) is 86.2 Å². The summed E-state index contributed by atoms with van der Waals surface area (Å²) in [6.07, 6.45) is 8.09. The lowest BCUT2D eigenvalue weighted by molar-refractivity contribution is 0.108. The summed E-state index contributed by atoms with van der Waals surface area (Å²) >= 11 is 0. The molecule has 5 rings (SSSR count). The monoisotopic (exact) mass is 563 g/mol. The molecule has 0 radical (unpaired) electrons. The highest BCUT2D eigenvalue weighted by Crippen LogP contribution is 2.26. The SMILES string of the molecule is CS(=O)(=O)Nc1ccc(Oc2ccc(CN3CCC(N(Cc4ccccn4)C(=O)NC4CCC4)CC3)cc2)cc1. The van der Waals surface area contributed by atoms with E-state index in [1.165, 1.54) is 12.0 Å². The third-order valence-corrected chi connectivity index (χ3v) is 8.08. The highest BCUT2D eigenvalue weighted by atomic mass is 32.2. The molecule has 3 aromatic rings. The number of urea groups is 1. The molecule has 0 bridgehead atoms. The molecule has 2 fully saturated rings. The van der Waals surface area contributed by atoms with Crippen LogP contribution in [0.2, 0.25) is 0 Å². The van der Waals surface area contributed by atoms with Crippen molar-refractivity contribution in [1.82, 2.24) is 20.1 Å².